The highest BCUT2D eigenvalue weighted by molar-refractivity contribution is 7.99. The molecular weight excluding hydrogens is 469 g/mol. The minimum absolute atomic E-state index is 0.0739. The summed E-state index contributed by atoms with van der Waals surface area (Å²) in [6, 6.07) is 5.88. The first-order chi connectivity index (χ1) is 16.8. The number of nitrogens with zero attached hydrogens (tertiary/aromatic N) is 4. The molecule has 1 aromatic heterocycles. The summed E-state index contributed by atoms with van der Waals surface area (Å²) >= 11 is 1.79. The Bertz CT molecular complexity index is 1000. The highest BCUT2D eigenvalue weighted by Gasteiger charge is 2.60. The van der Waals surface area contributed by atoms with E-state index in [0.717, 1.165) is 60.7 Å². The van der Waals surface area contributed by atoms with Crippen molar-refractivity contribution in [1.29, 1.82) is 0 Å². The third-order valence-corrected chi connectivity index (χ3v) is 9.45. The molecule has 3 fully saturated rings. The van der Waals surface area contributed by atoms with Gasteiger partial charge in [-0.25, -0.2) is 0 Å². The molecule has 2 aromatic rings. The molecule has 2 heterocycles. The quantitative estimate of drug-likeness (QED) is 0.238. The monoisotopic (exact) mass is 506 g/mol. The molecule has 0 amide bonds. The van der Waals surface area contributed by atoms with Crippen molar-refractivity contribution in [2.45, 2.75) is 81.0 Å². The van der Waals surface area contributed by atoms with Crippen LogP contribution in [0, 0.1) is 11.8 Å². The van der Waals surface area contributed by atoms with Crippen LogP contribution >= 0.6 is 11.8 Å². The van der Waals surface area contributed by atoms with E-state index < -0.39 is 11.7 Å². The molecule has 1 aliphatic heterocycles. The van der Waals surface area contributed by atoms with Crippen LogP contribution in [0.4, 0.5) is 13.2 Å². The predicted octanol–water partition coefficient (Wildman–Crippen LogP) is 6.66. The molecule has 3 aliphatic rings. The maximum atomic E-state index is 12.9. The van der Waals surface area contributed by atoms with Gasteiger partial charge in [0.05, 0.1) is 5.56 Å². The smallest absolute Gasteiger partial charge is 0.309 e. The standard InChI is InChI=1S/C27H37F3N4S/c1-3-5-20(9-8-19-6-7-19)24-31-32-25(33(24)2)35-15-4-14-34-17-23-16-26(23,18-34)21-10-12-22(13-11-21)27(28,29)30/h10-13,19-20,23H,3-9,14-18H2,1-2H3/t20?,23-,26+/m0/s1. The molecule has 4 nitrogen and oxygen atoms in total. The van der Waals surface area contributed by atoms with Gasteiger partial charge >= 0.3 is 6.18 Å². The Morgan fingerprint density at radius 3 is 2.60 bits per heavy atom. The van der Waals surface area contributed by atoms with Crippen molar-refractivity contribution in [1.82, 2.24) is 19.7 Å². The Labute approximate surface area is 211 Å². The van der Waals surface area contributed by atoms with E-state index in [1.807, 2.05) is 0 Å². The van der Waals surface area contributed by atoms with Gasteiger partial charge in [-0.15, -0.1) is 10.2 Å². The summed E-state index contributed by atoms with van der Waals surface area (Å²) in [5, 5.41) is 10.1. The second kappa shape index (κ2) is 10.1. The number of halogens is 3. The maximum Gasteiger partial charge on any atom is 0.416 e. The lowest BCUT2D eigenvalue weighted by Crippen LogP contribution is -2.28. The second-order valence-electron chi connectivity index (χ2n) is 11.0. The number of thioether (sulfide) groups is 1. The number of likely N-dealkylation sites (tertiary alicyclic amines) is 1. The largest absolute Gasteiger partial charge is 0.416 e. The van der Waals surface area contributed by atoms with Gasteiger partial charge in [0.25, 0.3) is 0 Å². The number of aromatic nitrogens is 3. The van der Waals surface area contributed by atoms with Crippen LogP contribution in [0.3, 0.4) is 0 Å². The van der Waals surface area contributed by atoms with Crippen molar-refractivity contribution in [2.75, 3.05) is 25.4 Å². The second-order valence-corrected chi connectivity index (χ2v) is 12.0. The third kappa shape index (κ3) is 5.58. The molecule has 0 N–H and O–H groups in total. The SMILES string of the molecule is CCCC(CCC1CC1)c1nnc(SCCCN2C[C@@H]3C[C@]3(c3ccc(C(F)(F)F)cc3)C2)n1C. The molecule has 5 rings (SSSR count). The van der Waals surface area contributed by atoms with Gasteiger partial charge in [-0.2, -0.15) is 13.2 Å². The number of hydrogen-bond acceptors (Lipinski definition) is 4. The number of fused-ring (bicyclic) bond motifs is 1. The highest BCUT2D eigenvalue weighted by atomic mass is 32.2. The van der Waals surface area contributed by atoms with Gasteiger partial charge in [0.1, 0.15) is 5.82 Å². The Balaban J connectivity index is 1.08. The van der Waals surface area contributed by atoms with Gasteiger partial charge in [-0.05, 0) is 68.2 Å². The van der Waals surface area contributed by atoms with Crippen LogP contribution in [-0.4, -0.2) is 45.1 Å². The molecule has 2 aliphatic carbocycles. The van der Waals surface area contributed by atoms with Crippen molar-refractivity contribution in [3.63, 3.8) is 0 Å². The third-order valence-electron chi connectivity index (χ3n) is 8.34. The fourth-order valence-electron chi connectivity index (χ4n) is 6.05. The minimum Gasteiger partial charge on any atom is -0.309 e. The summed E-state index contributed by atoms with van der Waals surface area (Å²) in [5.41, 5.74) is 0.588. The maximum absolute atomic E-state index is 12.9. The van der Waals surface area contributed by atoms with E-state index in [9.17, 15) is 13.2 Å². The summed E-state index contributed by atoms with van der Waals surface area (Å²) in [4.78, 5) is 2.49. The molecular formula is C27H37F3N4S. The van der Waals surface area contributed by atoms with Crippen molar-refractivity contribution in [2.24, 2.45) is 18.9 Å². The fraction of sp³-hybridized carbons (Fsp3) is 0.704. The topological polar surface area (TPSA) is 34.0 Å². The minimum atomic E-state index is -4.27. The summed E-state index contributed by atoms with van der Waals surface area (Å²) in [6.45, 7) is 5.29. The zero-order chi connectivity index (χ0) is 24.6. The van der Waals surface area contributed by atoms with Gasteiger partial charge in [-0.1, -0.05) is 50.1 Å². The van der Waals surface area contributed by atoms with Crippen molar-refractivity contribution >= 4 is 11.8 Å². The molecule has 0 spiro atoms. The van der Waals surface area contributed by atoms with Crippen molar-refractivity contribution in [3.05, 3.63) is 41.2 Å². The number of hydrogen-bond donors (Lipinski definition) is 0. The summed E-state index contributed by atoms with van der Waals surface area (Å²) in [5.74, 6) is 4.20. The van der Waals surface area contributed by atoms with Crippen LogP contribution < -0.4 is 0 Å². The van der Waals surface area contributed by atoms with Crippen molar-refractivity contribution < 1.29 is 13.2 Å². The van der Waals surface area contributed by atoms with Crippen LogP contribution in [0.1, 0.15) is 81.2 Å². The molecule has 192 valence electrons. The molecule has 2 saturated carbocycles. The van der Waals surface area contributed by atoms with Crippen LogP contribution in [0.2, 0.25) is 0 Å². The molecule has 1 unspecified atom stereocenters. The first kappa shape index (κ1) is 25.1. The molecule has 35 heavy (non-hydrogen) atoms. The fourth-order valence-corrected chi connectivity index (χ4v) is 6.89. The van der Waals surface area contributed by atoms with E-state index >= 15 is 0 Å². The van der Waals surface area contributed by atoms with E-state index in [0.29, 0.717) is 11.8 Å². The van der Waals surface area contributed by atoms with Crippen LogP contribution in [0.15, 0.2) is 29.4 Å². The van der Waals surface area contributed by atoms with Gasteiger partial charge in [-0.3, -0.25) is 0 Å². The van der Waals surface area contributed by atoms with Crippen molar-refractivity contribution in [3.8, 4) is 0 Å². The van der Waals surface area contributed by atoms with Gasteiger partial charge in [0.2, 0.25) is 0 Å². The van der Waals surface area contributed by atoms with Crippen LogP contribution in [-0.2, 0) is 18.6 Å². The Kier molecular flexibility index (Phi) is 7.23. The van der Waals surface area contributed by atoms with Crippen LogP contribution in [0.5, 0.6) is 0 Å². The number of benzene rings is 1. The van der Waals surface area contributed by atoms with Gasteiger partial charge in [0.15, 0.2) is 5.16 Å². The first-order valence-corrected chi connectivity index (χ1v) is 14.2. The zero-order valence-corrected chi connectivity index (χ0v) is 21.7. The van der Waals surface area contributed by atoms with E-state index in [-0.39, 0.29) is 5.41 Å². The zero-order valence-electron chi connectivity index (χ0n) is 20.9. The Morgan fingerprint density at radius 1 is 1.14 bits per heavy atom. The lowest BCUT2D eigenvalue weighted by Gasteiger charge is -2.21. The van der Waals surface area contributed by atoms with Gasteiger partial charge in [0, 0.05) is 37.2 Å². The predicted molar refractivity (Wildman–Crippen MR) is 134 cm³/mol. The van der Waals surface area contributed by atoms with E-state index in [4.69, 9.17) is 0 Å². The van der Waals surface area contributed by atoms with Crippen LogP contribution in [0.25, 0.3) is 0 Å². The average molecular weight is 507 g/mol. The van der Waals surface area contributed by atoms with Gasteiger partial charge < -0.3 is 9.47 Å². The molecule has 1 saturated heterocycles. The number of rotatable bonds is 12. The molecule has 0 bridgehead atoms. The normalized spacial score (nSPS) is 25.1. The number of piperidine rings is 1. The van der Waals surface area contributed by atoms with E-state index in [1.54, 1.807) is 23.9 Å². The summed E-state index contributed by atoms with van der Waals surface area (Å²) in [6.07, 6.45) is 5.62. The number of alkyl halides is 3. The lowest BCUT2D eigenvalue weighted by molar-refractivity contribution is -0.137. The molecule has 1 aromatic carbocycles. The first-order valence-electron chi connectivity index (χ1n) is 13.2. The van der Waals surface area contributed by atoms with E-state index in [2.05, 4.69) is 33.6 Å². The molecule has 0 radical (unpaired) electrons. The highest BCUT2D eigenvalue weighted by Crippen LogP contribution is 2.59. The summed E-state index contributed by atoms with van der Waals surface area (Å²) in [7, 11) is 2.11. The average Bonchev–Trinajstić information content (AvgIpc) is 3.72. The Hall–Kier alpha value is -1.54. The lowest BCUT2D eigenvalue weighted by atomic mass is 9.94. The summed E-state index contributed by atoms with van der Waals surface area (Å²) < 4.78 is 40.9. The molecule has 3 atom stereocenters. The molecule has 8 heteroatoms. The van der Waals surface area contributed by atoms with E-state index in [1.165, 1.54) is 50.7 Å². The Morgan fingerprint density at radius 2 is 1.91 bits per heavy atom.